The van der Waals surface area contributed by atoms with Crippen LogP contribution >= 0.6 is 15.9 Å². The fraction of sp³-hybridized carbons (Fsp3) is 0.100. The van der Waals surface area contributed by atoms with Crippen molar-refractivity contribution in [2.45, 2.75) is 6.04 Å². The van der Waals surface area contributed by atoms with Gasteiger partial charge >= 0.3 is 5.97 Å². The number of hydrogen-bond donors (Lipinski definition) is 2. The van der Waals surface area contributed by atoms with Crippen molar-refractivity contribution in [3.8, 4) is 0 Å². The number of benzene rings is 1. The Morgan fingerprint density at radius 1 is 1.64 bits per heavy atom. The molecule has 0 amide bonds. The van der Waals surface area contributed by atoms with Gasteiger partial charge in [-0.3, -0.25) is 0 Å². The summed E-state index contributed by atoms with van der Waals surface area (Å²) in [4.78, 5) is 10.6. The van der Waals surface area contributed by atoms with Crippen molar-refractivity contribution in [3.05, 3.63) is 46.5 Å². The van der Waals surface area contributed by atoms with Crippen LogP contribution in [0.2, 0.25) is 0 Å². The van der Waals surface area contributed by atoms with Crippen molar-refractivity contribution in [3.63, 3.8) is 0 Å². The van der Waals surface area contributed by atoms with Gasteiger partial charge in [0.05, 0.1) is 5.56 Å². The van der Waals surface area contributed by atoms with Crippen LogP contribution in [-0.4, -0.2) is 11.1 Å². The maximum Gasteiger partial charge on any atom is 0.335 e. The third kappa shape index (κ3) is 2.21. The maximum absolute atomic E-state index is 10.6. The van der Waals surface area contributed by atoms with Crippen molar-refractivity contribution in [1.29, 1.82) is 0 Å². The normalized spacial score (nSPS) is 12.1. The topological polar surface area (TPSA) is 63.3 Å². The zero-order chi connectivity index (χ0) is 10.7. The summed E-state index contributed by atoms with van der Waals surface area (Å²) in [6.07, 6.45) is 1.60. The molecule has 0 spiro atoms. The number of halogens is 1. The lowest BCUT2D eigenvalue weighted by atomic mass is 10.1. The molecule has 0 radical (unpaired) electrons. The van der Waals surface area contributed by atoms with Crippen LogP contribution in [0.3, 0.4) is 0 Å². The van der Waals surface area contributed by atoms with Crippen LogP contribution in [0.25, 0.3) is 0 Å². The van der Waals surface area contributed by atoms with Gasteiger partial charge in [0.1, 0.15) is 0 Å². The number of hydrogen-bond acceptors (Lipinski definition) is 2. The minimum Gasteiger partial charge on any atom is -0.478 e. The first-order valence-corrected chi connectivity index (χ1v) is 4.76. The Morgan fingerprint density at radius 2 is 2.29 bits per heavy atom. The zero-order valence-electron chi connectivity index (χ0n) is 7.40. The largest absolute Gasteiger partial charge is 0.478 e. The lowest BCUT2D eigenvalue weighted by molar-refractivity contribution is 0.0697. The minimum absolute atomic E-state index is 0.233. The summed E-state index contributed by atoms with van der Waals surface area (Å²) in [5.41, 5.74) is 6.78. The van der Waals surface area contributed by atoms with Gasteiger partial charge in [-0.2, -0.15) is 0 Å². The third-order valence-electron chi connectivity index (χ3n) is 1.86. The van der Waals surface area contributed by atoms with Crippen LogP contribution in [-0.2, 0) is 0 Å². The standard InChI is InChI=1S/C10H10BrNO2/c1-2-9(12)7-4-3-6(10(13)14)5-8(7)11/h2-5,9H,1,12H2,(H,13,14)/t9-/m1/s1. The summed E-state index contributed by atoms with van der Waals surface area (Å²) in [5.74, 6) is -0.954. The van der Waals surface area contributed by atoms with Crippen LogP contribution in [0.4, 0.5) is 0 Å². The molecule has 0 fully saturated rings. The second kappa shape index (κ2) is 4.39. The van der Waals surface area contributed by atoms with E-state index in [9.17, 15) is 4.79 Å². The number of carboxylic acids is 1. The third-order valence-corrected chi connectivity index (χ3v) is 2.55. The highest BCUT2D eigenvalue weighted by Crippen LogP contribution is 2.23. The Balaban J connectivity index is 3.13. The van der Waals surface area contributed by atoms with Gasteiger partial charge < -0.3 is 10.8 Å². The van der Waals surface area contributed by atoms with Gasteiger partial charge in [0, 0.05) is 10.5 Å². The molecule has 1 aromatic rings. The molecule has 0 bridgehead atoms. The monoisotopic (exact) mass is 255 g/mol. The molecule has 14 heavy (non-hydrogen) atoms. The lowest BCUT2D eigenvalue weighted by Gasteiger charge is -2.09. The highest BCUT2D eigenvalue weighted by molar-refractivity contribution is 9.10. The first kappa shape index (κ1) is 10.9. The Bertz CT molecular complexity index is 376. The van der Waals surface area contributed by atoms with Crippen LogP contribution in [0.5, 0.6) is 0 Å². The highest BCUT2D eigenvalue weighted by atomic mass is 79.9. The first-order chi connectivity index (χ1) is 6.56. The van der Waals surface area contributed by atoms with E-state index >= 15 is 0 Å². The van der Waals surface area contributed by atoms with Gasteiger partial charge in [-0.05, 0) is 17.7 Å². The van der Waals surface area contributed by atoms with Crippen LogP contribution in [0.15, 0.2) is 35.3 Å². The van der Waals surface area contributed by atoms with E-state index in [2.05, 4.69) is 22.5 Å². The summed E-state index contributed by atoms with van der Waals surface area (Å²) in [5, 5.41) is 8.72. The summed E-state index contributed by atoms with van der Waals surface area (Å²) >= 11 is 3.27. The Morgan fingerprint density at radius 3 is 2.71 bits per heavy atom. The van der Waals surface area contributed by atoms with Crippen molar-refractivity contribution in [1.82, 2.24) is 0 Å². The van der Waals surface area contributed by atoms with Crippen molar-refractivity contribution in [2.24, 2.45) is 5.73 Å². The molecular formula is C10H10BrNO2. The first-order valence-electron chi connectivity index (χ1n) is 3.97. The van der Waals surface area contributed by atoms with E-state index in [0.717, 1.165) is 5.56 Å². The second-order valence-corrected chi connectivity index (χ2v) is 3.66. The average Bonchev–Trinajstić information content (AvgIpc) is 2.16. The summed E-state index contributed by atoms with van der Waals surface area (Å²) < 4.78 is 0.685. The highest BCUT2D eigenvalue weighted by Gasteiger charge is 2.09. The van der Waals surface area contributed by atoms with E-state index in [4.69, 9.17) is 10.8 Å². The molecule has 74 valence electrons. The number of carboxylic acid groups (broad SMARTS) is 1. The minimum atomic E-state index is -0.954. The molecule has 1 atom stereocenters. The molecule has 3 nitrogen and oxygen atoms in total. The molecule has 0 aliphatic carbocycles. The van der Waals surface area contributed by atoms with Gasteiger partial charge in [-0.25, -0.2) is 4.79 Å². The molecule has 0 aliphatic rings. The predicted octanol–water partition coefficient (Wildman–Crippen LogP) is 2.33. The zero-order valence-corrected chi connectivity index (χ0v) is 8.99. The number of nitrogens with two attached hydrogens (primary N) is 1. The average molecular weight is 256 g/mol. The van der Waals surface area contributed by atoms with Crippen molar-refractivity contribution >= 4 is 21.9 Å². The Labute approximate surface area is 90.4 Å². The quantitative estimate of drug-likeness (QED) is 0.816. The summed E-state index contributed by atoms with van der Waals surface area (Å²) in [7, 11) is 0. The maximum atomic E-state index is 10.6. The van der Waals surface area contributed by atoms with Gasteiger partial charge in [0.15, 0.2) is 0 Å². The molecule has 0 heterocycles. The molecule has 0 unspecified atom stereocenters. The molecule has 1 aromatic carbocycles. The van der Waals surface area contributed by atoms with Crippen molar-refractivity contribution in [2.75, 3.05) is 0 Å². The molecule has 3 N–H and O–H groups in total. The molecule has 0 saturated heterocycles. The number of rotatable bonds is 3. The number of carbonyl (C=O) groups is 1. The molecule has 0 saturated carbocycles. The second-order valence-electron chi connectivity index (χ2n) is 2.80. The molecule has 0 aliphatic heterocycles. The molecular weight excluding hydrogens is 246 g/mol. The van der Waals surface area contributed by atoms with Gasteiger partial charge in [0.25, 0.3) is 0 Å². The molecule has 4 heteroatoms. The van der Waals surface area contributed by atoms with Gasteiger partial charge in [-0.15, -0.1) is 6.58 Å². The Kier molecular flexibility index (Phi) is 3.43. The van der Waals surface area contributed by atoms with E-state index in [1.165, 1.54) is 12.1 Å². The smallest absolute Gasteiger partial charge is 0.335 e. The Hall–Kier alpha value is -1.13. The van der Waals surface area contributed by atoms with Crippen LogP contribution < -0.4 is 5.73 Å². The molecule has 0 aromatic heterocycles. The van der Waals surface area contributed by atoms with E-state index < -0.39 is 5.97 Å². The van der Waals surface area contributed by atoms with Crippen LogP contribution in [0, 0.1) is 0 Å². The van der Waals surface area contributed by atoms with E-state index in [-0.39, 0.29) is 11.6 Å². The van der Waals surface area contributed by atoms with E-state index in [1.54, 1.807) is 12.1 Å². The number of aromatic carboxylic acids is 1. The fourth-order valence-electron chi connectivity index (χ4n) is 1.06. The predicted molar refractivity (Wildman–Crippen MR) is 58.2 cm³/mol. The van der Waals surface area contributed by atoms with Gasteiger partial charge in [0.2, 0.25) is 0 Å². The van der Waals surface area contributed by atoms with E-state index in [1.807, 2.05) is 0 Å². The fourth-order valence-corrected chi connectivity index (χ4v) is 1.70. The van der Waals surface area contributed by atoms with Crippen LogP contribution in [0.1, 0.15) is 22.0 Å². The van der Waals surface area contributed by atoms with E-state index in [0.29, 0.717) is 4.47 Å². The SMILES string of the molecule is C=C[C@@H](N)c1ccc(C(=O)O)cc1Br. The molecule has 1 rings (SSSR count). The summed E-state index contributed by atoms with van der Waals surface area (Å²) in [6, 6.07) is 4.44. The summed E-state index contributed by atoms with van der Waals surface area (Å²) in [6.45, 7) is 3.57. The lowest BCUT2D eigenvalue weighted by Crippen LogP contribution is -2.08. The van der Waals surface area contributed by atoms with Gasteiger partial charge in [-0.1, -0.05) is 28.1 Å². The van der Waals surface area contributed by atoms with Crippen molar-refractivity contribution < 1.29 is 9.90 Å².